The molecule has 0 aromatic heterocycles. The summed E-state index contributed by atoms with van der Waals surface area (Å²) in [5, 5.41) is 0. The number of rotatable bonds is 6. The van der Waals surface area contributed by atoms with Crippen molar-refractivity contribution in [3.05, 3.63) is 70.5 Å². The van der Waals surface area contributed by atoms with Gasteiger partial charge in [-0.25, -0.2) is 4.39 Å². The van der Waals surface area contributed by atoms with E-state index in [0.29, 0.717) is 18.7 Å². The van der Waals surface area contributed by atoms with E-state index in [1.807, 2.05) is 12.1 Å². The first kappa shape index (κ1) is 18.6. The lowest BCUT2D eigenvalue weighted by atomic mass is 9.91. The lowest BCUT2D eigenvalue weighted by molar-refractivity contribution is 0.106. The molecule has 0 aliphatic rings. The molecule has 120 valence electrons. The highest BCUT2D eigenvalue weighted by atomic mass is 35.5. The minimum absolute atomic E-state index is 0. The Kier molecular flexibility index (Phi) is 7.52. The average molecular weight is 324 g/mol. The zero-order valence-corrected chi connectivity index (χ0v) is 13.8. The van der Waals surface area contributed by atoms with Crippen LogP contribution in [0.15, 0.2) is 42.5 Å². The van der Waals surface area contributed by atoms with Gasteiger partial charge in [-0.05, 0) is 36.6 Å². The first-order valence-corrected chi connectivity index (χ1v) is 7.20. The second-order valence-electron chi connectivity index (χ2n) is 5.34. The number of nitrogens with two attached hydrogens (primary N) is 1. The molecule has 0 saturated heterocycles. The van der Waals surface area contributed by atoms with Crippen LogP contribution in [0.2, 0.25) is 0 Å². The minimum atomic E-state index is -0.228. The molecule has 0 aliphatic heterocycles. The van der Waals surface area contributed by atoms with Gasteiger partial charge in [0, 0.05) is 18.0 Å². The van der Waals surface area contributed by atoms with Crippen LogP contribution in [0.25, 0.3) is 0 Å². The normalized spacial score (nSPS) is 11.8. The molecule has 0 bridgehead atoms. The van der Waals surface area contributed by atoms with Crippen LogP contribution in [0.5, 0.6) is 0 Å². The quantitative estimate of drug-likeness (QED) is 0.867. The van der Waals surface area contributed by atoms with E-state index in [0.717, 1.165) is 0 Å². The third-order valence-electron chi connectivity index (χ3n) is 3.77. The molecule has 2 nitrogen and oxygen atoms in total. The van der Waals surface area contributed by atoms with Gasteiger partial charge in [-0.2, -0.15) is 0 Å². The summed E-state index contributed by atoms with van der Waals surface area (Å²) in [4.78, 5) is 0. The topological polar surface area (TPSA) is 35.2 Å². The Labute approximate surface area is 137 Å². The van der Waals surface area contributed by atoms with E-state index in [2.05, 4.69) is 26.0 Å². The zero-order chi connectivity index (χ0) is 15.2. The Morgan fingerprint density at radius 1 is 1.05 bits per heavy atom. The molecule has 0 aliphatic carbocycles. The van der Waals surface area contributed by atoms with Crippen LogP contribution in [0.4, 0.5) is 4.39 Å². The molecule has 0 saturated carbocycles. The molecule has 1 atom stereocenters. The molecule has 0 heterocycles. The van der Waals surface area contributed by atoms with Gasteiger partial charge in [-0.15, -0.1) is 12.4 Å². The number of benzene rings is 2. The average Bonchev–Trinajstić information content (AvgIpc) is 2.47. The molecule has 2 rings (SSSR count). The fourth-order valence-electron chi connectivity index (χ4n) is 2.67. The lowest BCUT2D eigenvalue weighted by Gasteiger charge is -2.20. The number of hydrogen-bond donors (Lipinski definition) is 1. The molecule has 1 unspecified atom stereocenters. The van der Waals surface area contributed by atoms with E-state index in [1.165, 1.54) is 22.8 Å². The molecule has 22 heavy (non-hydrogen) atoms. The van der Waals surface area contributed by atoms with E-state index in [-0.39, 0.29) is 30.7 Å². The third-order valence-corrected chi connectivity index (χ3v) is 3.77. The molecular weight excluding hydrogens is 301 g/mol. The second kappa shape index (κ2) is 8.89. The van der Waals surface area contributed by atoms with Gasteiger partial charge in [0.2, 0.25) is 0 Å². The van der Waals surface area contributed by atoms with Crippen molar-refractivity contribution in [3.63, 3.8) is 0 Å². The molecule has 0 spiro atoms. The summed E-state index contributed by atoms with van der Waals surface area (Å²) in [6.45, 7) is 5.46. The molecule has 2 aromatic carbocycles. The fourth-order valence-corrected chi connectivity index (χ4v) is 2.67. The summed E-state index contributed by atoms with van der Waals surface area (Å²) in [5.74, 6) is -0.0909. The maximum Gasteiger partial charge on any atom is 0.128 e. The maximum absolute atomic E-state index is 13.5. The van der Waals surface area contributed by atoms with Crippen molar-refractivity contribution in [2.45, 2.75) is 26.4 Å². The molecule has 0 amide bonds. The van der Waals surface area contributed by atoms with Crippen LogP contribution < -0.4 is 5.73 Å². The zero-order valence-electron chi connectivity index (χ0n) is 13.0. The summed E-state index contributed by atoms with van der Waals surface area (Å²) < 4.78 is 19.2. The Morgan fingerprint density at radius 3 is 2.27 bits per heavy atom. The van der Waals surface area contributed by atoms with Crippen LogP contribution in [-0.2, 0) is 11.3 Å². The molecule has 0 fully saturated rings. The molecule has 4 heteroatoms. The van der Waals surface area contributed by atoms with Crippen molar-refractivity contribution in [2.24, 2.45) is 5.73 Å². The SMILES string of the molecule is Cc1cccc(C)c1C(CN)COCc1ccccc1F.Cl. The smallest absolute Gasteiger partial charge is 0.128 e. The summed E-state index contributed by atoms with van der Waals surface area (Å²) in [6, 6.07) is 12.9. The standard InChI is InChI=1S/C18H22FNO.ClH/c1-13-6-5-7-14(2)18(13)16(10-20)12-21-11-15-8-3-4-9-17(15)19;/h3-9,16H,10-12,20H2,1-2H3;1H. The van der Waals surface area contributed by atoms with Gasteiger partial charge < -0.3 is 10.5 Å². The van der Waals surface area contributed by atoms with Crippen molar-refractivity contribution >= 4 is 12.4 Å². The first-order chi connectivity index (χ1) is 10.1. The van der Waals surface area contributed by atoms with Gasteiger partial charge in [-0.3, -0.25) is 0 Å². The Bertz CT molecular complexity index is 583. The Morgan fingerprint density at radius 2 is 1.68 bits per heavy atom. The van der Waals surface area contributed by atoms with Gasteiger partial charge >= 0.3 is 0 Å². The van der Waals surface area contributed by atoms with Crippen LogP contribution in [-0.4, -0.2) is 13.2 Å². The highest BCUT2D eigenvalue weighted by Crippen LogP contribution is 2.23. The largest absolute Gasteiger partial charge is 0.376 e. The van der Waals surface area contributed by atoms with Crippen molar-refractivity contribution in [3.8, 4) is 0 Å². The van der Waals surface area contributed by atoms with Crippen molar-refractivity contribution in [1.82, 2.24) is 0 Å². The van der Waals surface area contributed by atoms with Gasteiger partial charge in [-0.1, -0.05) is 36.4 Å². The maximum atomic E-state index is 13.5. The van der Waals surface area contributed by atoms with Crippen LogP contribution in [0, 0.1) is 19.7 Å². The van der Waals surface area contributed by atoms with Crippen LogP contribution in [0.1, 0.15) is 28.2 Å². The van der Waals surface area contributed by atoms with Crippen molar-refractivity contribution < 1.29 is 9.13 Å². The highest BCUT2D eigenvalue weighted by molar-refractivity contribution is 5.85. The van der Waals surface area contributed by atoms with Gasteiger partial charge in [0.15, 0.2) is 0 Å². The van der Waals surface area contributed by atoms with E-state index in [4.69, 9.17) is 10.5 Å². The number of hydrogen-bond acceptors (Lipinski definition) is 2. The fraction of sp³-hybridized carbons (Fsp3) is 0.333. The summed E-state index contributed by atoms with van der Waals surface area (Å²) in [7, 11) is 0. The summed E-state index contributed by atoms with van der Waals surface area (Å²) in [5.41, 5.74) is 10.2. The molecular formula is C18H23ClFNO. The third kappa shape index (κ3) is 4.54. The van der Waals surface area contributed by atoms with Crippen LogP contribution in [0.3, 0.4) is 0 Å². The van der Waals surface area contributed by atoms with E-state index in [1.54, 1.807) is 12.1 Å². The van der Waals surface area contributed by atoms with Crippen molar-refractivity contribution in [1.29, 1.82) is 0 Å². The van der Waals surface area contributed by atoms with Crippen molar-refractivity contribution in [2.75, 3.05) is 13.2 Å². The van der Waals surface area contributed by atoms with Gasteiger partial charge in [0.1, 0.15) is 5.82 Å². The molecule has 0 radical (unpaired) electrons. The lowest BCUT2D eigenvalue weighted by Crippen LogP contribution is -2.20. The Balaban J connectivity index is 0.00000242. The van der Waals surface area contributed by atoms with Gasteiger partial charge in [0.05, 0.1) is 13.2 Å². The van der Waals surface area contributed by atoms with Crippen LogP contribution >= 0.6 is 12.4 Å². The summed E-state index contributed by atoms with van der Waals surface area (Å²) in [6.07, 6.45) is 0. The predicted octanol–water partition coefficient (Wildman–Crippen LogP) is 4.12. The number of halogens is 2. The summed E-state index contributed by atoms with van der Waals surface area (Å²) >= 11 is 0. The monoisotopic (exact) mass is 323 g/mol. The van der Waals surface area contributed by atoms with E-state index >= 15 is 0 Å². The minimum Gasteiger partial charge on any atom is -0.376 e. The number of ether oxygens (including phenoxy) is 1. The number of aryl methyl sites for hydroxylation is 2. The second-order valence-corrected chi connectivity index (χ2v) is 5.34. The molecule has 2 N–H and O–H groups in total. The van der Waals surface area contributed by atoms with E-state index < -0.39 is 0 Å². The predicted molar refractivity (Wildman–Crippen MR) is 91.0 cm³/mol. The van der Waals surface area contributed by atoms with E-state index in [9.17, 15) is 4.39 Å². The first-order valence-electron chi connectivity index (χ1n) is 7.20. The molecule has 2 aromatic rings. The highest BCUT2D eigenvalue weighted by Gasteiger charge is 2.15. The van der Waals surface area contributed by atoms with Gasteiger partial charge in [0.25, 0.3) is 0 Å². The Hall–Kier alpha value is -1.42.